The molecule has 0 radical (unpaired) electrons. The summed E-state index contributed by atoms with van der Waals surface area (Å²) in [5.41, 5.74) is 3.80. The zero-order valence-corrected chi connectivity index (χ0v) is 25.8. The summed E-state index contributed by atoms with van der Waals surface area (Å²) in [4.78, 5) is 2.34. The van der Waals surface area contributed by atoms with Crippen molar-refractivity contribution >= 4 is 56.2 Å². The fourth-order valence-corrected chi connectivity index (χ4v) is 6.76. The minimum atomic E-state index is -1.37. The summed E-state index contributed by atoms with van der Waals surface area (Å²) in [7, 11) is -3.09. The molecule has 1 aliphatic rings. The van der Waals surface area contributed by atoms with Crippen LogP contribution in [0.4, 0.5) is 17.1 Å². The van der Waals surface area contributed by atoms with Gasteiger partial charge < -0.3 is 14.2 Å². The molecule has 0 amide bonds. The lowest BCUT2D eigenvalue weighted by atomic mass is 9.79. The molecule has 0 atom stereocenters. The highest BCUT2D eigenvalue weighted by Gasteiger charge is 2.51. The maximum Gasteiger partial charge on any atom is 0.494 e. The van der Waals surface area contributed by atoms with Crippen LogP contribution in [0.3, 0.4) is 0 Å². The maximum atomic E-state index is 6.28. The molecular weight excluding hydrogens is 473 g/mol. The van der Waals surface area contributed by atoms with Crippen LogP contribution in [0.15, 0.2) is 72.8 Å². The highest BCUT2D eigenvalue weighted by atomic mass is 28.3. The third-order valence-corrected chi connectivity index (χ3v) is 11.8. The normalized spacial score (nSPS) is 17.3. The van der Waals surface area contributed by atoms with Crippen LogP contribution in [-0.2, 0) is 9.31 Å². The zero-order valence-electron chi connectivity index (χ0n) is 23.8. The van der Waals surface area contributed by atoms with Crippen molar-refractivity contribution in [3.05, 3.63) is 72.8 Å². The van der Waals surface area contributed by atoms with E-state index in [2.05, 4.69) is 145 Å². The van der Waals surface area contributed by atoms with E-state index < -0.39 is 16.1 Å². The van der Waals surface area contributed by atoms with E-state index in [4.69, 9.17) is 9.31 Å². The Morgan fingerprint density at radius 3 is 1.14 bits per heavy atom. The van der Waals surface area contributed by atoms with Crippen LogP contribution in [0.5, 0.6) is 0 Å². The molecule has 0 aliphatic carbocycles. The van der Waals surface area contributed by atoms with Crippen molar-refractivity contribution in [2.75, 3.05) is 4.90 Å². The first-order chi connectivity index (χ1) is 16.6. The van der Waals surface area contributed by atoms with Gasteiger partial charge in [-0.25, -0.2) is 0 Å². The molecular formula is C30H42BNO2Si2. The summed E-state index contributed by atoms with van der Waals surface area (Å²) in [5.74, 6) is 0. The van der Waals surface area contributed by atoms with Gasteiger partial charge in [-0.3, -0.25) is 0 Å². The highest BCUT2D eigenvalue weighted by Crippen LogP contribution is 2.37. The molecule has 1 saturated heterocycles. The van der Waals surface area contributed by atoms with Gasteiger partial charge in [-0.15, -0.1) is 0 Å². The molecule has 4 rings (SSSR count). The van der Waals surface area contributed by atoms with E-state index in [1.54, 1.807) is 0 Å². The van der Waals surface area contributed by atoms with Crippen LogP contribution in [0.1, 0.15) is 27.7 Å². The molecule has 190 valence electrons. The molecule has 0 bridgehead atoms. The molecule has 0 unspecified atom stereocenters. The lowest BCUT2D eigenvalue weighted by molar-refractivity contribution is 0.00578. The molecule has 6 heteroatoms. The SMILES string of the molecule is CC1(C)OB(c2ccc(N(c3ccc([Si](C)(C)C)cc3)c3ccc([Si](C)(C)C)cc3)cc2)OC1(C)C. The summed E-state index contributed by atoms with van der Waals surface area (Å²) in [5, 5.41) is 2.94. The van der Waals surface area contributed by atoms with Gasteiger partial charge in [-0.2, -0.15) is 0 Å². The fourth-order valence-electron chi connectivity index (χ4n) is 4.43. The number of hydrogen-bond donors (Lipinski definition) is 0. The van der Waals surface area contributed by atoms with E-state index in [0.717, 1.165) is 11.2 Å². The predicted octanol–water partition coefficient (Wildman–Crippen LogP) is 6.55. The Labute approximate surface area is 221 Å². The van der Waals surface area contributed by atoms with Crippen molar-refractivity contribution in [2.24, 2.45) is 0 Å². The molecule has 0 aromatic heterocycles. The fraction of sp³-hybridized carbons (Fsp3) is 0.400. The Bertz CT molecular complexity index is 1120. The highest BCUT2D eigenvalue weighted by molar-refractivity contribution is 6.89. The molecule has 3 aromatic rings. The van der Waals surface area contributed by atoms with E-state index in [1.807, 2.05) is 0 Å². The maximum absolute atomic E-state index is 6.28. The summed E-state index contributed by atoms with van der Waals surface area (Å²) >= 11 is 0. The molecule has 3 nitrogen and oxygen atoms in total. The number of nitrogens with zero attached hydrogens (tertiary/aromatic N) is 1. The largest absolute Gasteiger partial charge is 0.494 e. The second kappa shape index (κ2) is 9.32. The molecule has 36 heavy (non-hydrogen) atoms. The van der Waals surface area contributed by atoms with Crippen LogP contribution in [0.2, 0.25) is 39.3 Å². The second-order valence-corrected chi connectivity index (χ2v) is 23.3. The number of benzene rings is 3. The quantitative estimate of drug-likeness (QED) is 0.348. The van der Waals surface area contributed by atoms with E-state index in [0.29, 0.717) is 0 Å². The third kappa shape index (κ3) is 5.42. The Hall–Kier alpha value is -2.12. The predicted molar refractivity (Wildman–Crippen MR) is 163 cm³/mol. The summed E-state index contributed by atoms with van der Waals surface area (Å²) < 4.78 is 12.6. The van der Waals surface area contributed by atoms with Crippen LogP contribution in [0, 0.1) is 0 Å². The minimum Gasteiger partial charge on any atom is -0.399 e. The molecule has 3 aromatic carbocycles. The Morgan fingerprint density at radius 2 is 0.833 bits per heavy atom. The first-order valence-corrected chi connectivity index (χ1v) is 20.1. The van der Waals surface area contributed by atoms with Crippen molar-refractivity contribution in [3.8, 4) is 0 Å². The molecule has 1 fully saturated rings. The van der Waals surface area contributed by atoms with E-state index in [1.165, 1.54) is 21.7 Å². The molecule has 0 saturated carbocycles. The van der Waals surface area contributed by atoms with Gasteiger partial charge in [0.2, 0.25) is 0 Å². The average Bonchev–Trinajstić information content (AvgIpc) is 3.01. The van der Waals surface area contributed by atoms with Gasteiger partial charge in [0.05, 0.1) is 27.3 Å². The van der Waals surface area contributed by atoms with Gasteiger partial charge in [0, 0.05) is 17.1 Å². The zero-order chi connectivity index (χ0) is 26.5. The van der Waals surface area contributed by atoms with Crippen molar-refractivity contribution in [2.45, 2.75) is 78.2 Å². The van der Waals surface area contributed by atoms with Crippen molar-refractivity contribution in [1.82, 2.24) is 0 Å². The average molecular weight is 516 g/mol. The van der Waals surface area contributed by atoms with Crippen LogP contribution < -0.4 is 20.7 Å². The minimum absolute atomic E-state index is 0.349. The van der Waals surface area contributed by atoms with Crippen LogP contribution in [-0.4, -0.2) is 34.5 Å². The number of anilines is 3. The first-order valence-electron chi connectivity index (χ1n) is 13.1. The molecule has 0 spiro atoms. The summed E-state index contributed by atoms with van der Waals surface area (Å²) in [6.07, 6.45) is 0. The van der Waals surface area contributed by atoms with Crippen molar-refractivity contribution < 1.29 is 9.31 Å². The first kappa shape index (κ1) is 26.9. The van der Waals surface area contributed by atoms with E-state index >= 15 is 0 Å². The Morgan fingerprint density at radius 1 is 0.528 bits per heavy atom. The molecule has 1 aliphatic heterocycles. The smallest absolute Gasteiger partial charge is 0.399 e. The monoisotopic (exact) mass is 515 g/mol. The van der Waals surface area contributed by atoms with Gasteiger partial charge in [-0.05, 0) is 69.6 Å². The molecule has 1 heterocycles. The van der Waals surface area contributed by atoms with Crippen LogP contribution >= 0.6 is 0 Å². The van der Waals surface area contributed by atoms with E-state index in [9.17, 15) is 0 Å². The lowest BCUT2D eigenvalue weighted by Crippen LogP contribution is -2.41. The lowest BCUT2D eigenvalue weighted by Gasteiger charge is -2.32. The Kier molecular flexibility index (Phi) is 6.97. The van der Waals surface area contributed by atoms with Crippen LogP contribution in [0.25, 0.3) is 0 Å². The standard InChI is InChI=1S/C30H42BNO2Si2/c1-29(2)30(3,4)34-31(33-29)23-11-13-24(14-12-23)32(25-15-19-27(20-16-25)35(5,6)7)26-17-21-28(22-18-26)36(8,9)10/h11-22H,1-10H3. The molecule has 0 N–H and O–H groups in total. The van der Waals surface area contributed by atoms with Crippen molar-refractivity contribution in [3.63, 3.8) is 0 Å². The summed E-state index contributed by atoms with van der Waals surface area (Å²) in [6, 6.07) is 26.9. The second-order valence-electron chi connectivity index (χ2n) is 13.1. The number of rotatable bonds is 6. The van der Waals surface area contributed by atoms with Gasteiger partial charge in [0.25, 0.3) is 0 Å². The Balaban J connectivity index is 1.71. The topological polar surface area (TPSA) is 21.7 Å². The third-order valence-electron chi connectivity index (χ3n) is 7.66. The van der Waals surface area contributed by atoms with Gasteiger partial charge in [0.15, 0.2) is 0 Å². The van der Waals surface area contributed by atoms with E-state index in [-0.39, 0.29) is 18.3 Å². The van der Waals surface area contributed by atoms with Gasteiger partial charge >= 0.3 is 7.12 Å². The number of hydrogen-bond acceptors (Lipinski definition) is 3. The van der Waals surface area contributed by atoms with Gasteiger partial charge in [-0.1, -0.05) is 86.1 Å². The van der Waals surface area contributed by atoms with Gasteiger partial charge in [0.1, 0.15) is 0 Å². The summed E-state index contributed by atoms with van der Waals surface area (Å²) in [6.45, 7) is 22.7. The van der Waals surface area contributed by atoms with Crippen molar-refractivity contribution in [1.29, 1.82) is 0 Å².